The van der Waals surface area contributed by atoms with Crippen molar-refractivity contribution in [3.63, 3.8) is 0 Å². The predicted octanol–water partition coefficient (Wildman–Crippen LogP) is 0.222. The molecule has 2 saturated heterocycles. The minimum absolute atomic E-state index is 0. The highest BCUT2D eigenvalue weighted by Crippen LogP contribution is 2.23. The number of nitrogens with one attached hydrogen (secondary N) is 1. The second kappa shape index (κ2) is 7.32. The first kappa shape index (κ1) is 19.4. The van der Waals surface area contributed by atoms with Gasteiger partial charge in [-0.2, -0.15) is 4.31 Å². The van der Waals surface area contributed by atoms with E-state index in [0.29, 0.717) is 30.2 Å². The summed E-state index contributed by atoms with van der Waals surface area (Å²) in [6, 6.07) is 5.12. The first-order chi connectivity index (χ1) is 12.0. The van der Waals surface area contributed by atoms with Crippen molar-refractivity contribution in [2.75, 3.05) is 39.3 Å². The van der Waals surface area contributed by atoms with Crippen LogP contribution in [0.2, 0.25) is 0 Å². The molecule has 0 bridgehead atoms. The van der Waals surface area contributed by atoms with Crippen LogP contribution in [0, 0.1) is 0 Å². The molecule has 1 N–H and O–H groups in total. The number of piperazine rings is 1. The van der Waals surface area contributed by atoms with Gasteiger partial charge in [-0.05, 0) is 25.1 Å². The van der Waals surface area contributed by atoms with Crippen LogP contribution in [0.5, 0.6) is 0 Å². The summed E-state index contributed by atoms with van der Waals surface area (Å²) in [6.07, 6.45) is 1.12. The van der Waals surface area contributed by atoms with Gasteiger partial charge in [-0.15, -0.1) is 12.4 Å². The van der Waals surface area contributed by atoms with Crippen LogP contribution in [0.25, 0.3) is 11.1 Å². The number of fused-ring (bicyclic) bond motifs is 1. The maximum atomic E-state index is 12.9. The maximum absolute atomic E-state index is 12.9. The van der Waals surface area contributed by atoms with Gasteiger partial charge in [0.2, 0.25) is 10.0 Å². The summed E-state index contributed by atoms with van der Waals surface area (Å²) in [7, 11) is -1.99. The number of hydrogen-bond acceptors (Lipinski definition) is 6. The smallest absolute Gasteiger partial charge is 0.408 e. The third-order valence-corrected chi connectivity index (χ3v) is 7.12. The van der Waals surface area contributed by atoms with E-state index >= 15 is 0 Å². The predicted molar refractivity (Wildman–Crippen MR) is 100 cm³/mol. The normalized spacial score (nSPS) is 22.6. The molecular formula is C16H23ClN4O4S. The van der Waals surface area contributed by atoms with Gasteiger partial charge in [0.05, 0.1) is 10.4 Å². The zero-order valence-electron chi connectivity index (χ0n) is 14.6. The van der Waals surface area contributed by atoms with Crippen LogP contribution in [-0.4, -0.2) is 67.5 Å². The van der Waals surface area contributed by atoms with Gasteiger partial charge >= 0.3 is 5.76 Å². The average molecular weight is 403 g/mol. The third-order valence-electron chi connectivity index (χ3n) is 5.23. The standard InChI is InChI=1S/C16H22N4O4S.ClH/c1-18-14-3-2-13(10-15(14)24-16(18)21)25(22,23)20-8-6-19(7-9-20)12-4-5-17-11-12;/h2-3,10,12,17H,4-9,11H2,1H3;1H. The molecule has 10 heteroatoms. The van der Waals surface area contributed by atoms with Crippen molar-refractivity contribution >= 4 is 33.5 Å². The van der Waals surface area contributed by atoms with Crippen molar-refractivity contribution < 1.29 is 12.8 Å². The topological polar surface area (TPSA) is 87.8 Å². The molecule has 26 heavy (non-hydrogen) atoms. The van der Waals surface area contributed by atoms with Crippen LogP contribution in [0.1, 0.15) is 6.42 Å². The molecule has 1 atom stereocenters. The van der Waals surface area contributed by atoms with E-state index in [0.717, 1.165) is 32.6 Å². The van der Waals surface area contributed by atoms with Gasteiger partial charge in [-0.25, -0.2) is 13.2 Å². The molecule has 2 aromatic rings. The van der Waals surface area contributed by atoms with Crippen molar-refractivity contribution in [1.29, 1.82) is 0 Å². The van der Waals surface area contributed by atoms with E-state index in [1.54, 1.807) is 19.2 Å². The van der Waals surface area contributed by atoms with Crippen LogP contribution < -0.4 is 11.1 Å². The van der Waals surface area contributed by atoms with Crippen molar-refractivity contribution in [2.24, 2.45) is 7.05 Å². The number of benzene rings is 1. The summed E-state index contributed by atoms with van der Waals surface area (Å²) in [5.41, 5.74) is 0.881. The molecule has 0 spiro atoms. The maximum Gasteiger partial charge on any atom is 0.419 e. The number of hydrogen-bond donors (Lipinski definition) is 1. The first-order valence-corrected chi connectivity index (χ1v) is 9.95. The minimum atomic E-state index is -3.58. The van der Waals surface area contributed by atoms with Crippen molar-refractivity contribution in [2.45, 2.75) is 17.4 Å². The third kappa shape index (κ3) is 3.29. The molecule has 2 fully saturated rings. The molecule has 0 amide bonds. The fourth-order valence-electron chi connectivity index (χ4n) is 3.68. The van der Waals surface area contributed by atoms with Crippen LogP contribution in [0.3, 0.4) is 0 Å². The number of aryl methyl sites for hydroxylation is 1. The van der Waals surface area contributed by atoms with Gasteiger partial charge in [0, 0.05) is 51.9 Å². The van der Waals surface area contributed by atoms with Crippen LogP contribution in [0.15, 0.2) is 32.3 Å². The van der Waals surface area contributed by atoms with E-state index in [9.17, 15) is 13.2 Å². The molecule has 0 aliphatic carbocycles. The lowest BCUT2D eigenvalue weighted by Gasteiger charge is -2.37. The fourth-order valence-corrected chi connectivity index (χ4v) is 5.12. The Morgan fingerprint density at radius 1 is 1.19 bits per heavy atom. The second-order valence-electron chi connectivity index (χ2n) is 6.64. The molecular weight excluding hydrogens is 380 g/mol. The molecule has 4 rings (SSSR count). The van der Waals surface area contributed by atoms with Crippen LogP contribution in [-0.2, 0) is 17.1 Å². The quantitative estimate of drug-likeness (QED) is 0.790. The summed E-state index contributed by atoms with van der Waals surface area (Å²) in [5.74, 6) is -0.497. The summed E-state index contributed by atoms with van der Waals surface area (Å²) in [4.78, 5) is 14.1. The molecule has 2 aliphatic heterocycles. The fraction of sp³-hybridized carbons (Fsp3) is 0.562. The molecule has 1 aromatic carbocycles. The van der Waals surface area contributed by atoms with Crippen LogP contribution in [0.4, 0.5) is 0 Å². The lowest BCUT2D eigenvalue weighted by molar-refractivity contribution is 0.145. The molecule has 8 nitrogen and oxygen atoms in total. The number of rotatable bonds is 3. The van der Waals surface area contributed by atoms with Crippen molar-refractivity contribution in [3.05, 3.63) is 28.7 Å². The molecule has 3 heterocycles. The number of oxazole rings is 1. The van der Waals surface area contributed by atoms with E-state index in [-0.39, 0.29) is 17.3 Å². The zero-order chi connectivity index (χ0) is 17.6. The highest BCUT2D eigenvalue weighted by atomic mass is 35.5. The monoisotopic (exact) mass is 402 g/mol. The largest absolute Gasteiger partial charge is 0.419 e. The Morgan fingerprint density at radius 2 is 1.92 bits per heavy atom. The van der Waals surface area contributed by atoms with Gasteiger partial charge in [0.25, 0.3) is 0 Å². The van der Waals surface area contributed by atoms with Gasteiger partial charge in [-0.1, -0.05) is 0 Å². The SMILES string of the molecule is Cl.Cn1c(=O)oc2cc(S(=O)(=O)N3CCN(C4CCNC4)CC3)ccc21. The van der Waals surface area contributed by atoms with Gasteiger partial charge in [-0.3, -0.25) is 9.47 Å². The molecule has 0 radical (unpaired) electrons. The summed E-state index contributed by atoms with van der Waals surface area (Å²) >= 11 is 0. The Kier molecular flexibility index (Phi) is 5.45. The Morgan fingerprint density at radius 3 is 2.58 bits per heavy atom. The number of nitrogens with zero attached hydrogens (tertiary/aromatic N) is 3. The van der Waals surface area contributed by atoms with E-state index < -0.39 is 15.8 Å². The van der Waals surface area contributed by atoms with Gasteiger partial charge in [0.15, 0.2) is 5.58 Å². The lowest BCUT2D eigenvalue weighted by atomic mass is 10.2. The Balaban J connectivity index is 0.00000196. The summed E-state index contributed by atoms with van der Waals surface area (Å²) in [5, 5.41) is 3.35. The van der Waals surface area contributed by atoms with Gasteiger partial charge < -0.3 is 9.73 Å². The molecule has 144 valence electrons. The van der Waals surface area contributed by atoms with E-state index in [2.05, 4.69) is 10.2 Å². The van der Waals surface area contributed by atoms with Crippen molar-refractivity contribution in [3.8, 4) is 0 Å². The Hall–Kier alpha value is -1.39. The number of sulfonamides is 1. The van der Waals surface area contributed by atoms with Gasteiger partial charge in [0.1, 0.15) is 0 Å². The van der Waals surface area contributed by atoms with E-state index in [4.69, 9.17) is 4.42 Å². The first-order valence-electron chi connectivity index (χ1n) is 8.51. The highest BCUT2D eigenvalue weighted by molar-refractivity contribution is 7.89. The second-order valence-corrected chi connectivity index (χ2v) is 8.58. The average Bonchev–Trinajstić information content (AvgIpc) is 3.24. The minimum Gasteiger partial charge on any atom is -0.408 e. The van der Waals surface area contributed by atoms with Crippen LogP contribution >= 0.6 is 12.4 Å². The number of aromatic nitrogens is 1. The van der Waals surface area contributed by atoms with E-state index in [1.807, 2.05) is 0 Å². The number of halogens is 1. The Bertz CT molecular complexity index is 941. The lowest BCUT2D eigenvalue weighted by Crippen LogP contribution is -2.52. The molecule has 0 saturated carbocycles. The van der Waals surface area contributed by atoms with E-state index in [1.165, 1.54) is 14.9 Å². The molecule has 1 aromatic heterocycles. The highest BCUT2D eigenvalue weighted by Gasteiger charge is 2.32. The van der Waals surface area contributed by atoms with Crippen molar-refractivity contribution in [1.82, 2.24) is 19.1 Å². The molecule has 1 unspecified atom stereocenters. The summed E-state index contributed by atoms with van der Waals surface area (Å²) < 4.78 is 33.8. The molecule has 2 aliphatic rings. The summed E-state index contributed by atoms with van der Waals surface area (Å²) in [6.45, 7) is 4.47. The Labute approximate surface area is 158 Å². The zero-order valence-corrected chi connectivity index (χ0v) is 16.2.